The first-order valence-electron chi connectivity index (χ1n) is 8.02. The van der Waals surface area contributed by atoms with Crippen molar-refractivity contribution in [1.29, 1.82) is 0 Å². The summed E-state index contributed by atoms with van der Waals surface area (Å²) < 4.78 is 23.5. The maximum atomic E-state index is 12.6. The summed E-state index contributed by atoms with van der Waals surface area (Å²) in [5.41, 5.74) is 2.67. The van der Waals surface area contributed by atoms with Gasteiger partial charge in [0.05, 0.1) is 17.5 Å². The monoisotopic (exact) mass is 373 g/mol. The number of nitrogens with zero attached hydrogens (tertiary/aromatic N) is 1. The third kappa shape index (κ3) is 3.33. The van der Waals surface area contributed by atoms with Gasteiger partial charge in [0.2, 0.25) is 10.0 Å². The summed E-state index contributed by atoms with van der Waals surface area (Å²) >= 11 is 0. The molecule has 1 heterocycles. The van der Waals surface area contributed by atoms with Gasteiger partial charge in [-0.15, -0.1) is 0 Å². The number of carbonyl (C=O) groups is 2. The number of nitrogens with one attached hydrogen (secondary N) is 1. The van der Waals surface area contributed by atoms with Crippen molar-refractivity contribution < 1.29 is 18.0 Å². The van der Waals surface area contributed by atoms with Gasteiger partial charge in [-0.3, -0.25) is 9.69 Å². The van der Waals surface area contributed by atoms with Crippen LogP contribution in [-0.4, -0.2) is 25.3 Å². The van der Waals surface area contributed by atoms with Gasteiger partial charge in [0.25, 0.3) is 5.91 Å². The summed E-state index contributed by atoms with van der Waals surface area (Å²) in [6.45, 7) is 3.74. The molecule has 0 bridgehead atoms. The molecule has 0 spiro atoms. The van der Waals surface area contributed by atoms with Crippen LogP contribution in [0, 0.1) is 6.92 Å². The van der Waals surface area contributed by atoms with E-state index in [0.29, 0.717) is 11.1 Å². The summed E-state index contributed by atoms with van der Waals surface area (Å²) in [6, 6.07) is 10.4. The Hall–Kier alpha value is -2.71. The molecule has 2 aromatic rings. The highest BCUT2D eigenvalue weighted by molar-refractivity contribution is 7.89. The molecular weight excluding hydrogens is 354 g/mol. The number of fused-ring (bicyclic) bond motifs is 1. The minimum atomic E-state index is -3.92. The highest BCUT2D eigenvalue weighted by Gasteiger charge is 2.33. The lowest BCUT2D eigenvalue weighted by molar-refractivity contribution is 0.0818. The van der Waals surface area contributed by atoms with Gasteiger partial charge >= 0.3 is 6.03 Å². The van der Waals surface area contributed by atoms with Gasteiger partial charge in [0.1, 0.15) is 0 Å². The fourth-order valence-electron chi connectivity index (χ4n) is 3.05. The van der Waals surface area contributed by atoms with Crippen LogP contribution < -0.4 is 10.5 Å². The smallest absolute Gasteiger partial charge is 0.325 e. The molecule has 8 heteroatoms. The van der Waals surface area contributed by atoms with Crippen molar-refractivity contribution in [3.05, 3.63) is 64.7 Å². The van der Waals surface area contributed by atoms with Gasteiger partial charge in [0, 0.05) is 5.56 Å². The van der Waals surface area contributed by atoms with Crippen molar-refractivity contribution in [3.63, 3.8) is 0 Å². The molecule has 1 aliphatic rings. The maximum Gasteiger partial charge on any atom is 0.325 e. The minimum absolute atomic E-state index is 0.0561. The summed E-state index contributed by atoms with van der Waals surface area (Å²) in [4.78, 5) is 26.1. The van der Waals surface area contributed by atoms with E-state index in [1.165, 1.54) is 6.07 Å². The first-order valence-corrected chi connectivity index (χ1v) is 9.56. The lowest BCUT2D eigenvalue weighted by Gasteiger charge is -2.21. The third-order valence-electron chi connectivity index (χ3n) is 4.34. The zero-order valence-corrected chi connectivity index (χ0v) is 15.2. The molecule has 3 amide bonds. The number of urea groups is 1. The molecule has 1 aliphatic heterocycles. The number of amides is 3. The van der Waals surface area contributed by atoms with Crippen LogP contribution in [0.1, 0.15) is 40.0 Å². The van der Waals surface area contributed by atoms with Crippen molar-refractivity contribution in [2.45, 2.75) is 31.3 Å². The molecule has 136 valence electrons. The maximum absolute atomic E-state index is 12.6. The fraction of sp³-hybridized carbons (Fsp3) is 0.222. The third-order valence-corrected chi connectivity index (χ3v) is 5.33. The van der Waals surface area contributed by atoms with Crippen LogP contribution in [0.25, 0.3) is 0 Å². The van der Waals surface area contributed by atoms with E-state index in [1.54, 1.807) is 31.2 Å². The number of hydrogen-bond acceptors (Lipinski definition) is 4. The van der Waals surface area contributed by atoms with Crippen LogP contribution in [0.15, 0.2) is 47.4 Å². The Kier molecular flexibility index (Phi) is 4.55. The molecule has 1 unspecified atom stereocenters. The lowest BCUT2D eigenvalue weighted by Crippen LogP contribution is -2.41. The van der Waals surface area contributed by atoms with E-state index in [9.17, 15) is 18.0 Å². The number of rotatable bonds is 3. The summed E-state index contributed by atoms with van der Waals surface area (Å²) in [5.74, 6) is -0.371. The summed E-state index contributed by atoms with van der Waals surface area (Å²) in [6.07, 6.45) is 0. The van der Waals surface area contributed by atoms with Crippen LogP contribution in [0.5, 0.6) is 0 Å². The zero-order chi connectivity index (χ0) is 19.1. The fourth-order valence-corrected chi connectivity index (χ4v) is 3.89. The van der Waals surface area contributed by atoms with Crippen LogP contribution in [0.3, 0.4) is 0 Å². The SMILES string of the molecule is Cc1ccc2c(c1)CN(C(=O)NC(C)c1ccccc1S(N)(=O)=O)C2=O. The molecule has 0 saturated heterocycles. The Morgan fingerprint density at radius 3 is 2.62 bits per heavy atom. The van der Waals surface area contributed by atoms with Crippen LogP contribution in [0.2, 0.25) is 0 Å². The first kappa shape index (κ1) is 18.1. The topological polar surface area (TPSA) is 110 Å². The quantitative estimate of drug-likeness (QED) is 0.858. The van der Waals surface area contributed by atoms with Crippen LogP contribution >= 0.6 is 0 Å². The van der Waals surface area contributed by atoms with E-state index in [2.05, 4.69) is 5.32 Å². The van der Waals surface area contributed by atoms with E-state index in [4.69, 9.17) is 5.14 Å². The average Bonchev–Trinajstić information content (AvgIpc) is 2.90. The highest BCUT2D eigenvalue weighted by atomic mass is 32.2. The molecule has 0 radical (unpaired) electrons. The molecule has 2 aromatic carbocycles. The lowest BCUT2D eigenvalue weighted by atomic mass is 10.1. The molecule has 0 aliphatic carbocycles. The van der Waals surface area contributed by atoms with Gasteiger partial charge in [0.15, 0.2) is 0 Å². The van der Waals surface area contributed by atoms with Crippen molar-refractivity contribution in [1.82, 2.24) is 10.2 Å². The van der Waals surface area contributed by atoms with Crippen molar-refractivity contribution >= 4 is 22.0 Å². The van der Waals surface area contributed by atoms with Gasteiger partial charge < -0.3 is 5.32 Å². The van der Waals surface area contributed by atoms with E-state index in [1.807, 2.05) is 19.1 Å². The van der Waals surface area contributed by atoms with Gasteiger partial charge in [-0.05, 0) is 37.1 Å². The number of sulfonamides is 1. The van der Waals surface area contributed by atoms with E-state index in [-0.39, 0.29) is 17.3 Å². The van der Waals surface area contributed by atoms with Crippen LogP contribution in [-0.2, 0) is 16.6 Å². The molecule has 0 aromatic heterocycles. The molecule has 1 atom stereocenters. The molecule has 26 heavy (non-hydrogen) atoms. The van der Waals surface area contributed by atoms with Crippen molar-refractivity contribution in [2.24, 2.45) is 5.14 Å². The average molecular weight is 373 g/mol. The second-order valence-electron chi connectivity index (χ2n) is 6.31. The Labute approximate surface area is 151 Å². The van der Waals surface area contributed by atoms with Crippen LogP contribution in [0.4, 0.5) is 4.79 Å². The van der Waals surface area contributed by atoms with Gasteiger partial charge in [-0.25, -0.2) is 18.4 Å². The minimum Gasteiger partial charge on any atom is -0.331 e. The number of aryl methyl sites for hydroxylation is 1. The predicted molar refractivity (Wildman–Crippen MR) is 95.8 cm³/mol. The zero-order valence-electron chi connectivity index (χ0n) is 14.4. The summed E-state index contributed by atoms with van der Waals surface area (Å²) in [5, 5.41) is 7.91. The number of carbonyl (C=O) groups excluding carboxylic acids is 2. The van der Waals surface area contributed by atoms with Gasteiger partial charge in [-0.2, -0.15) is 0 Å². The van der Waals surface area contributed by atoms with E-state index in [0.717, 1.165) is 16.0 Å². The normalized spacial score (nSPS) is 14.9. The van der Waals surface area contributed by atoms with E-state index >= 15 is 0 Å². The second-order valence-corrected chi connectivity index (χ2v) is 7.84. The number of nitrogens with two attached hydrogens (primary N) is 1. The standard InChI is InChI=1S/C18H19N3O4S/c1-11-7-8-15-13(9-11)10-21(17(15)22)18(23)20-12(2)14-5-3-4-6-16(14)26(19,24)25/h3-9,12H,10H2,1-2H3,(H,20,23)(H2,19,24,25). The Morgan fingerprint density at radius 1 is 1.23 bits per heavy atom. The Balaban J connectivity index is 1.81. The predicted octanol–water partition coefficient (Wildman–Crippen LogP) is 2.07. The molecule has 7 nitrogen and oxygen atoms in total. The summed E-state index contributed by atoms with van der Waals surface area (Å²) in [7, 11) is -3.92. The largest absolute Gasteiger partial charge is 0.331 e. The number of imide groups is 1. The number of hydrogen-bond donors (Lipinski definition) is 2. The number of benzene rings is 2. The van der Waals surface area contributed by atoms with Crippen molar-refractivity contribution in [3.8, 4) is 0 Å². The molecule has 0 saturated carbocycles. The Bertz CT molecular complexity index is 1000. The molecule has 3 N–H and O–H groups in total. The number of primary sulfonamides is 1. The Morgan fingerprint density at radius 2 is 1.92 bits per heavy atom. The molecule has 3 rings (SSSR count). The highest BCUT2D eigenvalue weighted by Crippen LogP contribution is 2.25. The second kappa shape index (κ2) is 6.54. The van der Waals surface area contributed by atoms with Crippen molar-refractivity contribution in [2.75, 3.05) is 0 Å². The van der Waals surface area contributed by atoms with E-state index < -0.39 is 22.1 Å². The molecular formula is C18H19N3O4S. The molecule has 0 fully saturated rings. The first-order chi connectivity index (χ1) is 12.2. The van der Waals surface area contributed by atoms with Gasteiger partial charge in [-0.1, -0.05) is 35.9 Å².